The number of carbonyl (C=O) groups is 1. The van der Waals surface area contributed by atoms with Gasteiger partial charge in [0, 0.05) is 0 Å². The van der Waals surface area contributed by atoms with Crippen LogP contribution in [-0.2, 0) is 4.79 Å². The summed E-state index contributed by atoms with van der Waals surface area (Å²) in [5, 5.41) is 9.22. The summed E-state index contributed by atoms with van der Waals surface area (Å²) in [4.78, 5) is 11.2. The molecule has 0 radical (unpaired) electrons. The lowest BCUT2D eigenvalue weighted by atomic mass is 9.87. The van der Waals surface area contributed by atoms with Gasteiger partial charge in [-0.2, -0.15) is 0 Å². The highest BCUT2D eigenvalue weighted by molar-refractivity contribution is 5.69. The summed E-state index contributed by atoms with van der Waals surface area (Å²) >= 11 is 0. The summed E-state index contributed by atoms with van der Waals surface area (Å²) in [7, 11) is 0. The van der Waals surface area contributed by atoms with Gasteiger partial charge in [-0.3, -0.25) is 4.79 Å². The van der Waals surface area contributed by atoms with Gasteiger partial charge in [0.25, 0.3) is 0 Å². The molecule has 0 fully saturated rings. The zero-order chi connectivity index (χ0) is 13.1. The summed E-state index contributed by atoms with van der Waals surface area (Å²) < 4.78 is 0. The van der Waals surface area contributed by atoms with Crippen LogP contribution in [0.1, 0.15) is 78.6 Å². The van der Waals surface area contributed by atoms with Gasteiger partial charge in [0.2, 0.25) is 0 Å². The highest BCUT2D eigenvalue weighted by Crippen LogP contribution is 2.23. The van der Waals surface area contributed by atoms with Crippen molar-refractivity contribution in [1.29, 1.82) is 0 Å². The van der Waals surface area contributed by atoms with Gasteiger partial charge in [0.1, 0.15) is 0 Å². The molecule has 17 heavy (non-hydrogen) atoms. The van der Waals surface area contributed by atoms with Crippen LogP contribution in [0.15, 0.2) is 0 Å². The van der Waals surface area contributed by atoms with E-state index in [1.807, 2.05) is 0 Å². The van der Waals surface area contributed by atoms with E-state index in [2.05, 4.69) is 20.8 Å². The van der Waals surface area contributed by atoms with Crippen LogP contribution < -0.4 is 0 Å². The lowest BCUT2D eigenvalue weighted by Gasteiger charge is -2.18. The molecule has 0 spiro atoms. The summed E-state index contributed by atoms with van der Waals surface area (Å²) in [6.45, 7) is 6.52. The Morgan fingerprint density at radius 2 is 1.59 bits per heavy atom. The summed E-state index contributed by atoms with van der Waals surface area (Å²) in [6, 6.07) is 0. The van der Waals surface area contributed by atoms with Crippen molar-refractivity contribution in [2.24, 2.45) is 11.8 Å². The van der Waals surface area contributed by atoms with Crippen molar-refractivity contribution in [3.63, 3.8) is 0 Å². The minimum absolute atomic E-state index is 0.110. The molecule has 0 aliphatic heterocycles. The molecule has 0 aliphatic carbocycles. The lowest BCUT2D eigenvalue weighted by Crippen LogP contribution is -2.17. The van der Waals surface area contributed by atoms with Crippen LogP contribution in [0.5, 0.6) is 0 Å². The van der Waals surface area contributed by atoms with Crippen LogP contribution in [0.25, 0.3) is 0 Å². The van der Waals surface area contributed by atoms with E-state index < -0.39 is 5.97 Å². The molecule has 0 rings (SSSR count). The smallest absolute Gasteiger partial charge is 0.306 e. The number of rotatable bonds is 11. The molecule has 102 valence electrons. The van der Waals surface area contributed by atoms with Gasteiger partial charge in [-0.05, 0) is 18.8 Å². The van der Waals surface area contributed by atoms with Crippen molar-refractivity contribution in [3.8, 4) is 0 Å². The third kappa shape index (κ3) is 8.23. The van der Waals surface area contributed by atoms with Gasteiger partial charge >= 0.3 is 5.97 Å². The molecule has 0 aromatic heterocycles. The largest absolute Gasteiger partial charge is 0.481 e. The second kappa shape index (κ2) is 10.6. The fourth-order valence-electron chi connectivity index (χ4n) is 2.36. The molecule has 0 bridgehead atoms. The van der Waals surface area contributed by atoms with Crippen molar-refractivity contribution in [2.45, 2.75) is 78.6 Å². The Morgan fingerprint density at radius 1 is 1.00 bits per heavy atom. The van der Waals surface area contributed by atoms with Gasteiger partial charge in [-0.15, -0.1) is 0 Å². The Balaban J connectivity index is 3.86. The number of hydrogen-bond donors (Lipinski definition) is 1. The van der Waals surface area contributed by atoms with Crippen molar-refractivity contribution in [3.05, 3.63) is 0 Å². The maximum atomic E-state index is 11.2. The van der Waals surface area contributed by atoms with E-state index >= 15 is 0 Å². The van der Waals surface area contributed by atoms with Crippen LogP contribution in [0.2, 0.25) is 0 Å². The van der Waals surface area contributed by atoms with Crippen molar-refractivity contribution in [2.75, 3.05) is 0 Å². The summed E-state index contributed by atoms with van der Waals surface area (Å²) in [5.74, 6) is -0.111. The molecular formula is C15H30O2. The topological polar surface area (TPSA) is 37.3 Å². The van der Waals surface area contributed by atoms with Crippen LogP contribution in [0, 0.1) is 11.8 Å². The van der Waals surface area contributed by atoms with E-state index in [-0.39, 0.29) is 5.92 Å². The number of carboxylic acids is 1. The minimum atomic E-state index is -0.590. The van der Waals surface area contributed by atoms with Gasteiger partial charge in [0.15, 0.2) is 0 Å². The average molecular weight is 242 g/mol. The van der Waals surface area contributed by atoms with Gasteiger partial charge in [-0.25, -0.2) is 0 Å². The molecule has 0 aliphatic rings. The molecule has 0 saturated heterocycles. The zero-order valence-corrected chi connectivity index (χ0v) is 11.9. The molecule has 0 saturated carbocycles. The maximum absolute atomic E-state index is 11.2. The summed E-state index contributed by atoms with van der Waals surface area (Å²) in [6.07, 6.45) is 10.0. The van der Waals surface area contributed by atoms with Crippen LogP contribution in [0.3, 0.4) is 0 Å². The third-order valence-electron chi connectivity index (χ3n) is 3.78. The molecule has 2 nitrogen and oxygen atoms in total. The predicted octanol–water partition coefficient (Wildman–Crippen LogP) is 4.87. The van der Waals surface area contributed by atoms with E-state index in [0.29, 0.717) is 5.92 Å². The first-order valence-electron chi connectivity index (χ1n) is 7.38. The first-order valence-corrected chi connectivity index (χ1v) is 7.38. The molecule has 0 heterocycles. The second-order valence-corrected chi connectivity index (χ2v) is 5.16. The van der Waals surface area contributed by atoms with E-state index in [0.717, 1.165) is 32.1 Å². The van der Waals surface area contributed by atoms with E-state index in [1.165, 1.54) is 25.7 Å². The SMILES string of the molecule is CCCCCCCC(CC(CC)CC)C(=O)O. The molecule has 0 aromatic carbocycles. The first-order chi connectivity index (χ1) is 8.15. The predicted molar refractivity (Wildman–Crippen MR) is 73.2 cm³/mol. The Bertz CT molecular complexity index is 185. The lowest BCUT2D eigenvalue weighted by molar-refractivity contribution is -0.142. The first kappa shape index (κ1) is 16.5. The zero-order valence-electron chi connectivity index (χ0n) is 11.9. The normalized spacial score (nSPS) is 12.9. The minimum Gasteiger partial charge on any atom is -0.481 e. The van der Waals surface area contributed by atoms with E-state index in [1.54, 1.807) is 0 Å². The third-order valence-corrected chi connectivity index (χ3v) is 3.78. The fraction of sp³-hybridized carbons (Fsp3) is 0.933. The van der Waals surface area contributed by atoms with Crippen molar-refractivity contribution >= 4 is 5.97 Å². The average Bonchev–Trinajstić information content (AvgIpc) is 2.32. The monoisotopic (exact) mass is 242 g/mol. The summed E-state index contributed by atoms with van der Waals surface area (Å²) in [5.41, 5.74) is 0. The molecule has 1 N–H and O–H groups in total. The van der Waals surface area contributed by atoms with Gasteiger partial charge in [-0.1, -0.05) is 65.7 Å². The number of carboxylic acid groups (broad SMARTS) is 1. The molecule has 1 atom stereocenters. The quantitative estimate of drug-likeness (QED) is 0.525. The Morgan fingerprint density at radius 3 is 2.06 bits per heavy atom. The maximum Gasteiger partial charge on any atom is 0.306 e. The number of unbranched alkanes of at least 4 members (excludes halogenated alkanes) is 4. The molecule has 0 aromatic rings. The van der Waals surface area contributed by atoms with Crippen LogP contribution >= 0.6 is 0 Å². The number of hydrogen-bond acceptors (Lipinski definition) is 1. The molecule has 2 heteroatoms. The van der Waals surface area contributed by atoms with E-state index in [9.17, 15) is 9.90 Å². The number of aliphatic carboxylic acids is 1. The standard InChI is InChI=1S/C15H30O2/c1-4-7-8-9-10-11-14(15(16)17)12-13(5-2)6-3/h13-14H,4-12H2,1-3H3,(H,16,17). The fourth-order valence-corrected chi connectivity index (χ4v) is 2.36. The van der Waals surface area contributed by atoms with E-state index in [4.69, 9.17) is 0 Å². The second-order valence-electron chi connectivity index (χ2n) is 5.16. The highest BCUT2D eigenvalue weighted by Gasteiger charge is 2.20. The van der Waals surface area contributed by atoms with Crippen LogP contribution in [-0.4, -0.2) is 11.1 Å². The highest BCUT2D eigenvalue weighted by atomic mass is 16.4. The Kier molecular flexibility index (Phi) is 10.3. The Labute approximate surface area is 107 Å². The van der Waals surface area contributed by atoms with Gasteiger partial charge < -0.3 is 5.11 Å². The molecule has 0 amide bonds. The van der Waals surface area contributed by atoms with Gasteiger partial charge in [0.05, 0.1) is 5.92 Å². The Hall–Kier alpha value is -0.530. The van der Waals surface area contributed by atoms with Crippen molar-refractivity contribution in [1.82, 2.24) is 0 Å². The molecular weight excluding hydrogens is 212 g/mol. The van der Waals surface area contributed by atoms with Crippen molar-refractivity contribution < 1.29 is 9.90 Å². The van der Waals surface area contributed by atoms with Crippen LogP contribution in [0.4, 0.5) is 0 Å². The molecule has 1 unspecified atom stereocenters.